The first-order valence-corrected chi connectivity index (χ1v) is 7.79. The topological polar surface area (TPSA) is 46.5 Å². The smallest absolute Gasteiger partial charge is 0.153 e. The van der Waals surface area contributed by atoms with Crippen LogP contribution in [0.1, 0.15) is 60.8 Å². The molecular weight excluding hydrogens is 288 g/mol. The number of para-hydroxylation sites is 2. The minimum Gasteiger partial charge on any atom is -0.456 e. The van der Waals surface area contributed by atoms with Gasteiger partial charge >= 0.3 is 0 Å². The number of aryl methyl sites for hydroxylation is 1. The normalized spacial score (nSPS) is 12.8. The van der Waals surface area contributed by atoms with Gasteiger partial charge < -0.3 is 9.84 Å². The standard InChI is InChI=1S/C20H24O3/c1-13-8-6-11-17(20(3,4)5)18(13)23-19-15(12-21)9-7-10-16(19)14(2)22/h6-12,14,22H,1-5H3. The molecule has 23 heavy (non-hydrogen) atoms. The van der Waals surface area contributed by atoms with Crippen molar-refractivity contribution in [1.29, 1.82) is 0 Å². The molecular formula is C20H24O3. The van der Waals surface area contributed by atoms with Crippen LogP contribution in [0.4, 0.5) is 0 Å². The van der Waals surface area contributed by atoms with Crippen LogP contribution in [-0.2, 0) is 5.41 Å². The van der Waals surface area contributed by atoms with Gasteiger partial charge in [-0.15, -0.1) is 0 Å². The highest BCUT2D eigenvalue weighted by atomic mass is 16.5. The van der Waals surface area contributed by atoms with E-state index in [9.17, 15) is 9.90 Å². The van der Waals surface area contributed by atoms with Crippen LogP contribution in [0, 0.1) is 6.92 Å². The molecule has 0 aliphatic carbocycles. The monoisotopic (exact) mass is 312 g/mol. The number of carbonyl (C=O) groups is 1. The lowest BCUT2D eigenvalue weighted by Crippen LogP contribution is -2.13. The molecule has 122 valence electrons. The van der Waals surface area contributed by atoms with Gasteiger partial charge in [-0.05, 0) is 30.9 Å². The second-order valence-electron chi connectivity index (χ2n) is 6.86. The summed E-state index contributed by atoms with van der Waals surface area (Å²) in [5, 5.41) is 10.0. The molecule has 0 saturated carbocycles. The Balaban J connectivity index is 2.63. The molecule has 2 aromatic carbocycles. The van der Waals surface area contributed by atoms with Crippen molar-refractivity contribution < 1.29 is 14.6 Å². The largest absolute Gasteiger partial charge is 0.456 e. The molecule has 0 bridgehead atoms. The third kappa shape index (κ3) is 3.62. The number of ether oxygens (including phenoxy) is 1. The highest BCUT2D eigenvalue weighted by Crippen LogP contribution is 2.39. The molecule has 1 unspecified atom stereocenters. The van der Waals surface area contributed by atoms with Crippen LogP contribution in [0.2, 0.25) is 0 Å². The first-order chi connectivity index (χ1) is 10.8. The van der Waals surface area contributed by atoms with Crippen LogP contribution in [0.5, 0.6) is 11.5 Å². The number of hydrogen-bond acceptors (Lipinski definition) is 3. The van der Waals surface area contributed by atoms with Gasteiger partial charge in [0.1, 0.15) is 11.5 Å². The summed E-state index contributed by atoms with van der Waals surface area (Å²) in [5.74, 6) is 1.17. The van der Waals surface area contributed by atoms with Crippen LogP contribution < -0.4 is 4.74 Å². The highest BCUT2D eigenvalue weighted by molar-refractivity contribution is 5.80. The van der Waals surface area contributed by atoms with Gasteiger partial charge in [0.25, 0.3) is 0 Å². The molecule has 3 heteroatoms. The van der Waals surface area contributed by atoms with Gasteiger partial charge in [0.05, 0.1) is 11.7 Å². The number of aliphatic hydroxyl groups is 1. The van der Waals surface area contributed by atoms with Gasteiger partial charge in [-0.25, -0.2) is 0 Å². The van der Waals surface area contributed by atoms with Crippen LogP contribution in [0.3, 0.4) is 0 Å². The van der Waals surface area contributed by atoms with E-state index in [-0.39, 0.29) is 5.41 Å². The van der Waals surface area contributed by atoms with Gasteiger partial charge in [0, 0.05) is 11.1 Å². The fourth-order valence-corrected chi connectivity index (χ4v) is 2.59. The predicted octanol–water partition coefficient (Wildman–Crippen LogP) is 4.95. The molecule has 2 aromatic rings. The van der Waals surface area contributed by atoms with Crippen LogP contribution in [0.15, 0.2) is 36.4 Å². The van der Waals surface area contributed by atoms with E-state index in [1.54, 1.807) is 25.1 Å². The van der Waals surface area contributed by atoms with Gasteiger partial charge in [0.15, 0.2) is 6.29 Å². The molecule has 3 nitrogen and oxygen atoms in total. The Labute approximate surface area is 137 Å². The molecule has 2 rings (SSSR count). The number of benzene rings is 2. The Kier molecular flexibility index (Phi) is 4.90. The van der Waals surface area contributed by atoms with E-state index in [0.29, 0.717) is 16.9 Å². The lowest BCUT2D eigenvalue weighted by molar-refractivity contribution is 0.112. The number of rotatable bonds is 4. The average Bonchev–Trinajstić information content (AvgIpc) is 2.48. The zero-order valence-electron chi connectivity index (χ0n) is 14.4. The third-order valence-electron chi connectivity index (χ3n) is 3.88. The Morgan fingerprint density at radius 3 is 2.30 bits per heavy atom. The van der Waals surface area contributed by atoms with Crippen molar-refractivity contribution in [3.63, 3.8) is 0 Å². The van der Waals surface area contributed by atoms with Crippen molar-refractivity contribution in [3.8, 4) is 11.5 Å². The summed E-state index contributed by atoms with van der Waals surface area (Å²) in [7, 11) is 0. The molecule has 0 fully saturated rings. The van der Waals surface area contributed by atoms with E-state index in [4.69, 9.17) is 4.74 Å². The van der Waals surface area contributed by atoms with Gasteiger partial charge in [0.2, 0.25) is 0 Å². The second-order valence-corrected chi connectivity index (χ2v) is 6.86. The molecule has 0 radical (unpaired) electrons. The zero-order chi connectivity index (χ0) is 17.2. The lowest BCUT2D eigenvalue weighted by atomic mass is 9.85. The zero-order valence-corrected chi connectivity index (χ0v) is 14.4. The molecule has 0 heterocycles. The Bertz CT molecular complexity index is 709. The van der Waals surface area contributed by atoms with Gasteiger partial charge in [-0.3, -0.25) is 4.79 Å². The van der Waals surface area contributed by atoms with Crippen LogP contribution in [-0.4, -0.2) is 11.4 Å². The van der Waals surface area contributed by atoms with Crippen molar-refractivity contribution in [1.82, 2.24) is 0 Å². The van der Waals surface area contributed by atoms with Gasteiger partial charge in [-0.2, -0.15) is 0 Å². The van der Waals surface area contributed by atoms with Crippen molar-refractivity contribution in [2.75, 3.05) is 0 Å². The molecule has 0 amide bonds. The molecule has 0 aliphatic heterocycles. The summed E-state index contributed by atoms with van der Waals surface area (Å²) in [6, 6.07) is 11.3. The van der Waals surface area contributed by atoms with E-state index < -0.39 is 6.10 Å². The molecule has 1 N–H and O–H groups in total. The van der Waals surface area contributed by atoms with Crippen LogP contribution >= 0.6 is 0 Å². The first-order valence-electron chi connectivity index (χ1n) is 7.79. The highest BCUT2D eigenvalue weighted by Gasteiger charge is 2.23. The maximum absolute atomic E-state index is 11.4. The van der Waals surface area contributed by atoms with Crippen molar-refractivity contribution in [3.05, 3.63) is 58.7 Å². The maximum Gasteiger partial charge on any atom is 0.153 e. The van der Waals surface area contributed by atoms with E-state index in [1.807, 2.05) is 25.1 Å². The minimum atomic E-state index is -0.716. The molecule has 0 spiro atoms. The van der Waals surface area contributed by atoms with E-state index in [0.717, 1.165) is 23.2 Å². The van der Waals surface area contributed by atoms with Crippen molar-refractivity contribution in [2.24, 2.45) is 0 Å². The second kappa shape index (κ2) is 6.55. The van der Waals surface area contributed by atoms with Crippen molar-refractivity contribution >= 4 is 6.29 Å². The van der Waals surface area contributed by atoms with Crippen LogP contribution in [0.25, 0.3) is 0 Å². The number of carbonyl (C=O) groups excluding carboxylic acids is 1. The average molecular weight is 312 g/mol. The fourth-order valence-electron chi connectivity index (χ4n) is 2.59. The number of aldehydes is 1. The Morgan fingerprint density at radius 1 is 1.09 bits per heavy atom. The number of aliphatic hydroxyl groups excluding tert-OH is 1. The summed E-state index contributed by atoms with van der Waals surface area (Å²) in [6.45, 7) is 10.0. The molecule has 0 aliphatic rings. The first kappa shape index (κ1) is 17.2. The summed E-state index contributed by atoms with van der Waals surface area (Å²) >= 11 is 0. The number of hydrogen-bond donors (Lipinski definition) is 1. The van der Waals surface area contributed by atoms with Crippen molar-refractivity contribution in [2.45, 2.75) is 46.1 Å². The third-order valence-corrected chi connectivity index (χ3v) is 3.88. The summed E-state index contributed by atoms with van der Waals surface area (Å²) in [4.78, 5) is 11.4. The Hall–Kier alpha value is -2.13. The van der Waals surface area contributed by atoms with Gasteiger partial charge in [-0.1, -0.05) is 51.1 Å². The summed E-state index contributed by atoms with van der Waals surface area (Å²) in [6.07, 6.45) is 0.0444. The SMILES string of the molecule is Cc1cccc(C(C)(C)C)c1Oc1c(C=O)cccc1C(C)O. The molecule has 1 atom stereocenters. The minimum absolute atomic E-state index is 0.0948. The predicted molar refractivity (Wildman–Crippen MR) is 92.4 cm³/mol. The summed E-state index contributed by atoms with van der Waals surface area (Å²) in [5.41, 5.74) is 3.01. The van der Waals surface area contributed by atoms with E-state index in [2.05, 4.69) is 20.8 Å². The summed E-state index contributed by atoms with van der Waals surface area (Å²) < 4.78 is 6.19. The quantitative estimate of drug-likeness (QED) is 0.812. The lowest BCUT2D eigenvalue weighted by Gasteiger charge is -2.25. The Morgan fingerprint density at radius 2 is 1.74 bits per heavy atom. The molecule has 0 aromatic heterocycles. The van der Waals surface area contributed by atoms with E-state index >= 15 is 0 Å². The maximum atomic E-state index is 11.4. The van der Waals surface area contributed by atoms with E-state index in [1.165, 1.54) is 0 Å². The molecule has 0 saturated heterocycles. The fraction of sp³-hybridized carbons (Fsp3) is 0.350.